The number of sulfonamides is 1. The summed E-state index contributed by atoms with van der Waals surface area (Å²) in [5.74, 6) is -0.0209. The van der Waals surface area contributed by atoms with Crippen molar-refractivity contribution in [1.29, 1.82) is 5.41 Å². The van der Waals surface area contributed by atoms with Gasteiger partial charge in [-0.1, -0.05) is 55.5 Å². The number of nitrogen functional groups attached to an aromatic ring is 1. The van der Waals surface area contributed by atoms with E-state index >= 15 is 0 Å². The minimum absolute atomic E-state index is 0.0209. The van der Waals surface area contributed by atoms with Crippen LogP contribution in [0.15, 0.2) is 77.7 Å². The highest BCUT2D eigenvalue weighted by Gasteiger charge is 2.16. The molecule has 0 spiro atoms. The molecule has 3 rings (SSSR count). The monoisotopic (exact) mass is 465 g/mol. The SMILES string of the molecule is CCCN(Cc1cccc(C(=N)N)c1)C(=O)Nc1ccc(-c2ccccc2S(N)(=O)=O)cc1. The number of nitrogens with two attached hydrogens (primary N) is 2. The van der Waals surface area contributed by atoms with Crippen molar-refractivity contribution in [3.63, 3.8) is 0 Å². The fourth-order valence-corrected chi connectivity index (χ4v) is 4.23. The number of primary sulfonamides is 1. The lowest BCUT2D eigenvalue weighted by Gasteiger charge is -2.23. The molecule has 0 saturated heterocycles. The fourth-order valence-electron chi connectivity index (χ4n) is 3.47. The molecule has 8 nitrogen and oxygen atoms in total. The summed E-state index contributed by atoms with van der Waals surface area (Å²) in [5, 5.41) is 15.8. The summed E-state index contributed by atoms with van der Waals surface area (Å²) in [6.45, 7) is 2.92. The molecule has 3 aromatic rings. The van der Waals surface area contributed by atoms with Gasteiger partial charge in [0.05, 0.1) is 4.90 Å². The number of nitrogens with one attached hydrogen (secondary N) is 2. The summed E-state index contributed by atoms with van der Waals surface area (Å²) in [7, 11) is -3.86. The van der Waals surface area contributed by atoms with Crippen LogP contribution in [0.1, 0.15) is 24.5 Å². The van der Waals surface area contributed by atoms with E-state index in [1.807, 2.05) is 19.1 Å². The lowest BCUT2D eigenvalue weighted by Crippen LogP contribution is -2.35. The van der Waals surface area contributed by atoms with Crippen LogP contribution in [-0.2, 0) is 16.6 Å². The minimum Gasteiger partial charge on any atom is -0.384 e. The summed E-state index contributed by atoms with van der Waals surface area (Å²) in [5.41, 5.74) is 8.80. The lowest BCUT2D eigenvalue weighted by atomic mass is 10.1. The van der Waals surface area contributed by atoms with E-state index in [0.29, 0.717) is 35.5 Å². The molecule has 6 N–H and O–H groups in total. The van der Waals surface area contributed by atoms with E-state index in [0.717, 1.165) is 12.0 Å². The Labute approximate surface area is 193 Å². The van der Waals surface area contributed by atoms with Crippen molar-refractivity contribution in [1.82, 2.24) is 4.90 Å². The normalized spacial score (nSPS) is 11.1. The van der Waals surface area contributed by atoms with Crippen molar-refractivity contribution < 1.29 is 13.2 Å². The summed E-state index contributed by atoms with van der Waals surface area (Å²) < 4.78 is 23.8. The Morgan fingerprint density at radius 2 is 1.73 bits per heavy atom. The first-order valence-corrected chi connectivity index (χ1v) is 11.9. The van der Waals surface area contributed by atoms with Gasteiger partial charge in [-0.25, -0.2) is 18.4 Å². The number of hydrogen-bond acceptors (Lipinski definition) is 4. The van der Waals surface area contributed by atoms with Gasteiger partial charge in [-0.05, 0) is 41.8 Å². The number of hydrogen-bond donors (Lipinski definition) is 4. The molecule has 2 amide bonds. The highest BCUT2D eigenvalue weighted by molar-refractivity contribution is 7.89. The minimum atomic E-state index is -3.86. The standard InChI is InChI=1S/C24H27N5O3S/c1-2-14-29(16-17-6-5-7-19(15-17)23(25)26)24(30)28-20-12-10-18(11-13-20)21-8-3-4-9-22(21)33(27,31)32/h3-13,15H,2,14,16H2,1H3,(H3,25,26)(H,28,30)(H2,27,31,32). The number of carbonyl (C=O) groups is 1. The molecule has 3 aromatic carbocycles. The summed E-state index contributed by atoms with van der Waals surface area (Å²) in [6, 6.07) is 20.4. The van der Waals surface area contributed by atoms with Gasteiger partial charge in [0.25, 0.3) is 0 Å². The number of amides is 2. The largest absolute Gasteiger partial charge is 0.384 e. The smallest absolute Gasteiger partial charge is 0.322 e. The van der Waals surface area contributed by atoms with Crippen LogP contribution in [0.4, 0.5) is 10.5 Å². The Balaban J connectivity index is 1.76. The molecule has 0 radical (unpaired) electrons. The average Bonchev–Trinajstić information content (AvgIpc) is 2.79. The quantitative estimate of drug-likeness (QED) is 0.297. The van der Waals surface area contributed by atoms with Crippen molar-refractivity contribution in [3.05, 3.63) is 83.9 Å². The third kappa shape index (κ3) is 6.18. The molecule has 9 heteroatoms. The number of benzene rings is 3. The first kappa shape index (κ1) is 24.0. The molecule has 33 heavy (non-hydrogen) atoms. The molecular formula is C24H27N5O3S. The number of urea groups is 1. The van der Waals surface area contributed by atoms with E-state index in [1.165, 1.54) is 6.07 Å². The van der Waals surface area contributed by atoms with Gasteiger partial charge in [0.2, 0.25) is 10.0 Å². The Hall–Kier alpha value is -3.69. The van der Waals surface area contributed by atoms with Gasteiger partial charge in [0.1, 0.15) is 5.84 Å². The molecule has 0 fully saturated rings. The maximum atomic E-state index is 12.9. The van der Waals surface area contributed by atoms with Gasteiger partial charge in [-0.15, -0.1) is 0 Å². The van der Waals surface area contributed by atoms with Crippen molar-refractivity contribution in [3.8, 4) is 11.1 Å². The number of anilines is 1. The number of amidine groups is 1. The average molecular weight is 466 g/mol. The maximum absolute atomic E-state index is 12.9. The zero-order valence-electron chi connectivity index (χ0n) is 18.3. The van der Waals surface area contributed by atoms with Crippen LogP contribution in [0.25, 0.3) is 11.1 Å². The van der Waals surface area contributed by atoms with Crippen molar-refractivity contribution in [2.45, 2.75) is 24.8 Å². The first-order chi connectivity index (χ1) is 15.7. The number of rotatable bonds is 8. The van der Waals surface area contributed by atoms with Crippen LogP contribution in [0, 0.1) is 5.41 Å². The Bertz CT molecular complexity index is 1260. The molecule has 0 unspecified atom stereocenters. The second kappa shape index (κ2) is 10.3. The van der Waals surface area contributed by atoms with Gasteiger partial charge in [0.15, 0.2) is 0 Å². The second-order valence-electron chi connectivity index (χ2n) is 7.58. The van der Waals surface area contributed by atoms with Gasteiger partial charge in [-0.3, -0.25) is 5.41 Å². The molecule has 172 valence electrons. The molecule has 0 bridgehead atoms. The summed E-state index contributed by atoms with van der Waals surface area (Å²) in [4.78, 5) is 14.6. The van der Waals surface area contributed by atoms with E-state index in [9.17, 15) is 13.2 Å². The Kier molecular flexibility index (Phi) is 7.47. The van der Waals surface area contributed by atoms with Gasteiger partial charge in [0, 0.05) is 29.9 Å². The zero-order chi connectivity index (χ0) is 24.0. The van der Waals surface area contributed by atoms with Crippen molar-refractivity contribution in [2.24, 2.45) is 10.9 Å². The predicted molar refractivity (Wildman–Crippen MR) is 130 cm³/mol. The van der Waals surface area contributed by atoms with E-state index < -0.39 is 10.0 Å². The predicted octanol–water partition coefficient (Wildman–Crippen LogP) is 3.73. The molecule has 0 aromatic heterocycles. The van der Waals surface area contributed by atoms with E-state index in [-0.39, 0.29) is 16.8 Å². The van der Waals surface area contributed by atoms with Crippen LogP contribution in [0.3, 0.4) is 0 Å². The highest BCUT2D eigenvalue weighted by Crippen LogP contribution is 2.27. The van der Waals surface area contributed by atoms with Crippen LogP contribution in [-0.4, -0.2) is 31.7 Å². The molecule has 0 aliphatic heterocycles. The topological polar surface area (TPSA) is 142 Å². The molecule has 0 atom stereocenters. The fraction of sp³-hybridized carbons (Fsp3) is 0.167. The molecular weight excluding hydrogens is 438 g/mol. The number of nitrogens with zero attached hydrogens (tertiary/aromatic N) is 1. The van der Waals surface area contributed by atoms with Crippen molar-refractivity contribution in [2.75, 3.05) is 11.9 Å². The van der Waals surface area contributed by atoms with Crippen LogP contribution >= 0.6 is 0 Å². The van der Waals surface area contributed by atoms with Gasteiger partial charge >= 0.3 is 6.03 Å². The number of carbonyl (C=O) groups excluding carboxylic acids is 1. The van der Waals surface area contributed by atoms with E-state index in [2.05, 4.69) is 5.32 Å². The highest BCUT2D eigenvalue weighted by atomic mass is 32.2. The lowest BCUT2D eigenvalue weighted by molar-refractivity contribution is 0.209. The van der Waals surface area contributed by atoms with Crippen LogP contribution in [0.5, 0.6) is 0 Å². The van der Waals surface area contributed by atoms with Gasteiger partial charge in [-0.2, -0.15) is 0 Å². The molecule has 0 heterocycles. The van der Waals surface area contributed by atoms with E-state index in [4.69, 9.17) is 16.3 Å². The Morgan fingerprint density at radius 1 is 1.03 bits per heavy atom. The first-order valence-electron chi connectivity index (χ1n) is 10.4. The summed E-state index contributed by atoms with van der Waals surface area (Å²) >= 11 is 0. The Morgan fingerprint density at radius 3 is 2.36 bits per heavy atom. The molecule has 0 aliphatic rings. The summed E-state index contributed by atoms with van der Waals surface area (Å²) in [6.07, 6.45) is 0.781. The van der Waals surface area contributed by atoms with E-state index in [1.54, 1.807) is 59.5 Å². The second-order valence-corrected chi connectivity index (χ2v) is 9.11. The van der Waals surface area contributed by atoms with Crippen molar-refractivity contribution >= 4 is 27.6 Å². The van der Waals surface area contributed by atoms with Crippen LogP contribution in [0.2, 0.25) is 0 Å². The molecule has 0 saturated carbocycles. The van der Waals surface area contributed by atoms with Gasteiger partial charge < -0.3 is 16.0 Å². The zero-order valence-corrected chi connectivity index (χ0v) is 19.1. The third-order valence-electron chi connectivity index (χ3n) is 5.03. The third-order valence-corrected chi connectivity index (χ3v) is 6.00. The maximum Gasteiger partial charge on any atom is 0.322 e. The van der Waals surface area contributed by atoms with Crippen LogP contribution < -0.4 is 16.2 Å². The molecule has 0 aliphatic carbocycles.